The van der Waals surface area contributed by atoms with Crippen molar-refractivity contribution in [2.75, 3.05) is 0 Å². The first-order valence-corrected chi connectivity index (χ1v) is 5.10. The molecule has 152 valence electrons. The maximum atomic E-state index is 12.8. The lowest BCUT2D eigenvalue weighted by Gasteiger charge is -2.41. The van der Waals surface area contributed by atoms with Gasteiger partial charge >= 0.3 is 41.7 Å². The van der Waals surface area contributed by atoms with Gasteiger partial charge in [0.05, 0.1) is 0 Å². The zero-order valence-corrected chi connectivity index (χ0v) is 10.6. The third-order valence-electron chi connectivity index (χ3n) is 2.65. The van der Waals surface area contributed by atoms with Crippen molar-refractivity contribution in [2.45, 2.75) is 48.1 Å². The molecule has 1 N–H and O–H groups in total. The smallest absolute Gasteiger partial charge is 0.359 e. The molecule has 0 saturated heterocycles. The molecule has 0 aliphatic heterocycles. The van der Waals surface area contributed by atoms with E-state index in [1.807, 2.05) is 0 Å². The van der Waals surface area contributed by atoms with Crippen molar-refractivity contribution >= 4 is 0 Å². The highest BCUT2D eigenvalue weighted by molar-refractivity contribution is 5.13. The second kappa shape index (κ2) is 5.67. The van der Waals surface area contributed by atoms with E-state index in [4.69, 9.17) is 5.11 Å². The Kier molecular flexibility index (Phi) is 5.41. The first-order valence-electron chi connectivity index (χ1n) is 5.10. The molecule has 0 bridgehead atoms. The molecule has 0 radical (unpaired) electrons. The molecule has 1 nitrogen and oxygen atoms in total. The quantitative estimate of drug-likeness (QED) is 0.623. The van der Waals surface area contributed by atoms with Crippen LogP contribution in [0.25, 0.3) is 0 Å². The topological polar surface area (TPSA) is 20.2 Å². The van der Waals surface area contributed by atoms with E-state index in [-0.39, 0.29) is 0 Å². The minimum Gasteiger partial charge on any atom is -0.359 e. The number of hydrogen-bond donors (Lipinski definition) is 1. The van der Waals surface area contributed by atoms with Gasteiger partial charge in [-0.15, -0.1) is 0 Å². The molecule has 0 heterocycles. The van der Waals surface area contributed by atoms with Crippen LogP contribution in [-0.4, -0.2) is 53.2 Å². The fourth-order valence-corrected chi connectivity index (χ4v) is 1.13. The van der Waals surface area contributed by atoms with Gasteiger partial charge in [0.15, 0.2) is 0 Å². The molecule has 0 aromatic carbocycles. The van der Waals surface area contributed by atoms with Crippen molar-refractivity contribution in [2.24, 2.45) is 0 Å². The molecule has 0 aromatic rings. The largest absolute Gasteiger partial charge is 0.460 e. The Morgan fingerprint density at radius 3 is 0.920 bits per heavy atom. The Hall–Kier alpha value is -1.16. The minimum atomic E-state index is -8.49. The molecule has 0 fully saturated rings. The SMILES string of the molecule is OC(F)C(F)(F)C(F)(F)C(F)(F)C(F)(F)C(F)(F)C(F)(F)C(F)(F)F. The fraction of sp³-hybridized carbons (Fsp3) is 1.00. The van der Waals surface area contributed by atoms with Crippen molar-refractivity contribution in [3.05, 3.63) is 0 Å². The van der Waals surface area contributed by atoms with Gasteiger partial charge in [0.2, 0.25) is 0 Å². The number of alkyl halides is 16. The summed E-state index contributed by atoms with van der Waals surface area (Å²) in [6, 6.07) is 0. The molecule has 1 unspecified atom stereocenters. The molecule has 17 heteroatoms. The second-order valence-corrected chi connectivity index (χ2v) is 4.33. The number of aliphatic hydroxyl groups is 1. The Labute approximate surface area is 125 Å². The fourth-order valence-electron chi connectivity index (χ4n) is 1.13. The molecule has 0 aliphatic carbocycles. The van der Waals surface area contributed by atoms with Gasteiger partial charge in [0, 0.05) is 0 Å². The van der Waals surface area contributed by atoms with Crippen LogP contribution in [0.15, 0.2) is 0 Å². The standard InChI is InChI=1S/C8H2F16O/c9-1(25)2(10,11)3(12,13)4(14,15)5(16,17)6(18,19)7(20,21)8(22,23)24/h1,25H. The summed E-state index contributed by atoms with van der Waals surface area (Å²) in [6.07, 6.45) is -13.1. The molecule has 0 aliphatic rings. The van der Waals surface area contributed by atoms with Gasteiger partial charge in [0.25, 0.3) is 6.36 Å². The Bertz CT molecular complexity index is 487. The van der Waals surface area contributed by atoms with Gasteiger partial charge in [-0.2, -0.15) is 65.9 Å². The highest BCUT2D eigenvalue weighted by Gasteiger charge is 2.93. The molecule has 0 aromatic heterocycles. The zero-order chi connectivity index (χ0) is 21.1. The third-order valence-corrected chi connectivity index (χ3v) is 2.65. The van der Waals surface area contributed by atoms with Crippen LogP contribution >= 0.6 is 0 Å². The molecule has 0 spiro atoms. The summed E-state index contributed by atoms with van der Waals surface area (Å²) in [5, 5.41) is 7.55. The van der Waals surface area contributed by atoms with Gasteiger partial charge in [-0.05, 0) is 0 Å². The summed E-state index contributed by atoms with van der Waals surface area (Å²) in [5.74, 6) is -48.6. The highest BCUT2D eigenvalue weighted by Crippen LogP contribution is 2.62. The summed E-state index contributed by atoms with van der Waals surface area (Å²) in [5.41, 5.74) is 0. The maximum Gasteiger partial charge on any atom is 0.460 e. The predicted molar refractivity (Wildman–Crippen MR) is 42.9 cm³/mol. The normalized spacial score (nSPS) is 17.6. The maximum absolute atomic E-state index is 12.8. The Balaban J connectivity index is 6.50. The molecule has 1 atom stereocenters. The molecular formula is C8H2F16O. The summed E-state index contributed by atoms with van der Waals surface area (Å²) in [6.45, 7) is 0. The van der Waals surface area contributed by atoms with E-state index in [2.05, 4.69) is 0 Å². The van der Waals surface area contributed by atoms with E-state index in [1.165, 1.54) is 0 Å². The summed E-state index contributed by atoms with van der Waals surface area (Å²) in [7, 11) is 0. The average Bonchev–Trinajstić information content (AvgIpc) is 2.35. The molecule has 25 heavy (non-hydrogen) atoms. The Morgan fingerprint density at radius 2 is 0.680 bits per heavy atom. The van der Waals surface area contributed by atoms with Gasteiger partial charge < -0.3 is 5.11 Å². The van der Waals surface area contributed by atoms with Crippen LogP contribution in [0.4, 0.5) is 70.2 Å². The zero-order valence-electron chi connectivity index (χ0n) is 10.6. The van der Waals surface area contributed by atoms with E-state index < -0.39 is 48.1 Å². The van der Waals surface area contributed by atoms with Crippen molar-refractivity contribution in [3.8, 4) is 0 Å². The van der Waals surface area contributed by atoms with Crippen molar-refractivity contribution in [1.82, 2.24) is 0 Å². The lowest BCUT2D eigenvalue weighted by atomic mass is 9.91. The monoisotopic (exact) mass is 418 g/mol. The molecule has 0 rings (SSSR count). The highest BCUT2D eigenvalue weighted by atomic mass is 19.4. The van der Waals surface area contributed by atoms with Gasteiger partial charge in [-0.1, -0.05) is 0 Å². The third kappa shape index (κ3) is 2.87. The minimum absolute atomic E-state index is 5.40. The molecule has 0 amide bonds. The summed E-state index contributed by atoms with van der Waals surface area (Å²) >= 11 is 0. The van der Waals surface area contributed by atoms with E-state index >= 15 is 0 Å². The summed E-state index contributed by atoms with van der Waals surface area (Å²) < 4.78 is 198. The number of hydrogen-bond acceptors (Lipinski definition) is 1. The van der Waals surface area contributed by atoms with Crippen LogP contribution in [0, 0.1) is 0 Å². The van der Waals surface area contributed by atoms with Crippen molar-refractivity contribution in [3.63, 3.8) is 0 Å². The summed E-state index contributed by atoms with van der Waals surface area (Å²) in [4.78, 5) is 0. The van der Waals surface area contributed by atoms with Gasteiger partial charge in [0.1, 0.15) is 0 Å². The van der Waals surface area contributed by atoms with Crippen LogP contribution in [-0.2, 0) is 0 Å². The lowest BCUT2D eigenvalue weighted by Crippen LogP contribution is -2.73. The van der Waals surface area contributed by atoms with Crippen LogP contribution in [0.2, 0.25) is 0 Å². The molecular weight excluding hydrogens is 416 g/mol. The van der Waals surface area contributed by atoms with Crippen molar-refractivity contribution in [1.29, 1.82) is 0 Å². The second-order valence-electron chi connectivity index (χ2n) is 4.33. The first kappa shape index (κ1) is 23.8. The number of aliphatic hydroxyl groups excluding tert-OH is 1. The molecule has 0 saturated carbocycles. The van der Waals surface area contributed by atoms with Crippen molar-refractivity contribution < 1.29 is 75.4 Å². The first-order chi connectivity index (χ1) is 10.4. The van der Waals surface area contributed by atoms with Crippen LogP contribution < -0.4 is 0 Å². The lowest BCUT2D eigenvalue weighted by molar-refractivity contribution is -0.458. The van der Waals surface area contributed by atoms with E-state index in [0.717, 1.165) is 0 Å². The predicted octanol–water partition coefficient (Wildman–Crippen LogP) is 4.65. The number of halogens is 16. The van der Waals surface area contributed by atoms with E-state index in [0.29, 0.717) is 0 Å². The average molecular weight is 418 g/mol. The number of rotatable bonds is 6. The van der Waals surface area contributed by atoms with Gasteiger partial charge in [-0.3, -0.25) is 0 Å². The van der Waals surface area contributed by atoms with Crippen LogP contribution in [0.5, 0.6) is 0 Å². The Morgan fingerprint density at radius 1 is 0.440 bits per heavy atom. The van der Waals surface area contributed by atoms with E-state index in [9.17, 15) is 70.2 Å². The van der Waals surface area contributed by atoms with Gasteiger partial charge in [-0.25, -0.2) is 4.39 Å². The van der Waals surface area contributed by atoms with Crippen LogP contribution in [0.1, 0.15) is 0 Å². The van der Waals surface area contributed by atoms with E-state index in [1.54, 1.807) is 0 Å². The van der Waals surface area contributed by atoms with Crippen LogP contribution in [0.3, 0.4) is 0 Å².